The maximum absolute atomic E-state index is 10.8. The van der Waals surface area contributed by atoms with Crippen LogP contribution in [-0.2, 0) is 19.1 Å². The van der Waals surface area contributed by atoms with E-state index >= 15 is 0 Å². The number of aldehydes is 1. The minimum absolute atomic E-state index is 0.0436. The number of carbonyl (C=O) groups excluding carboxylic acids is 2. The average Bonchev–Trinajstić information content (AvgIpc) is 2.46. The fourth-order valence-electron chi connectivity index (χ4n) is 1.70. The van der Waals surface area contributed by atoms with E-state index in [1.54, 1.807) is 0 Å². The lowest BCUT2D eigenvalue weighted by atomic mass is 10.0. The van der Waals surface area contributed by atoms with Gasteiger partial charge in [0.2, 0.25) is 0 Å². The van der Waals surface area contributed by atoms with Crippen molar-refractivity contribution in [3.8, 4) is 0 Å². The molecule has 0 amide bonds. The van der Waals surface area contributed by atoms with Crippen LogP contribution in [0, 0.1) is 0 Å². The van der Waals surface area contributed by atoms with E-state index in [1.807, 2.05) is 0 Å². The molecule has 0 unspecified atom stereocenters. The summed E-state index contributed by atoms with van der Waals surface area (Å²) in [6.45, 7) is 0. The lowest BCUT2D eigenvalue weighted by molar-refractivity contribution is -0.159. The van der Waals surface area contributed by atoms with Crippen molar-refractivity contribution >= 4 is 12.3 Å². The highest BCUT2D eigenvalue weighted by Gasteiger charge is 2.40. The van der Waals surface area contributed by atoms with Gasteiger partial charge in [0.1, 0.15) is 18.5 Å². The smallest absolute Gasteiger partial charge is 0.306 e. The number of fused-ring (bicyclic) bond motifs is 1. The number of esters is 1. The van der Waals surface area contributed by atoms with E-state index < -0.39 is 0 Å². The maximum Gasteiger partial charge on any atom is 0.306 e. The number of hydrogen-bond acceptors (Lipinski definition) is 4. The third-order valence-electron chi connectivity index (χ3n) is 2.30. The Morgan fingerprint density at radius 1 is 1.42 bits per heavy atom. The number of carbonyl (C=O) groups is 2. The lowest BCUT2D eigenvalue weighted by Crippen LogP contribution is -2.32. The Morgan fingerprint density at radius 2 is 2.25 bits per heavy atom. The van der Waals surface area contributed by atoms with Crippen molar-refractivity contribution < 1.29 is 19.1 Å². The molecule has 0 saturated carbocycles. The van der Waals surface area contributed by atoms with Gasteiger partial charge in [-0.2, -0.15) is 0 Å². The summed E-state index contributed by atoms with van der Waals surface area (Å²) in [5, 5.41) is 0. The molecule has 2 fully saturated rings. The summed E-state index contributed by atoms with van der Waals surface area (Å²) in [4.78, 5) is 21.2. The molecule has 2 aliphatic rings. The minimum atomic E-state index is -0.370. The molecule has 2 rings (SSSR count). The summed E-state index contributed by atoms with van der Waals surface area (Å²) in [5.74, 6) is -0.175. The molecule has 2 heterocycles. The van der Waals surface area contributed by atoms with Crippen LogP contribution in [0.2, 0.25) is 0 Å². The molecule has 0 aromatic rings. The van der Waals surface area contributed by atoms with Gasteiger partial charge in [-0.1, -0.05) is 0 Å². The van der Waals surface area contributed by atoms with Crippen molar-refractivity contribution in [2.24, 2.45) is 0 Å². The molecule has 2 aliphatic heterocycles. The second-order valence-corrected chi connectivity index (χ2v) is 3.15. The van der Waals surface area contributed by atoms with Crippen molar-refractivity contribution in [1.82, 2.24) is 0 Å². The Morgan fingerprint density at radius 3 is 3.00 bits per heavy atom. The highest BCUT2D eigenvalue weighted by molar-refractivity contribution is 5.70. The largest absolute Gasteiger partial charge is 0.459 e. The quantitative estimate of drug-likeness (QED) is 0.412. The molecule has 0 N–H and O–H groups in total. The summed E-state index contributed by atoms with van der Waals surface area (Å²) >= 11 is 0. The van der Waals surface area contributed by atoms with E-state index in [-0.39, 0.29) is 24.3 Å². The van der Waals surface area contributed by atoms with Crippen LogP contribution in [0.1, 0.15) is 19.3 Å². The molecule has 0 aliphatic carbocycles. The van der Waals surface area contributed by atoms with E-state index in [1.165, 1.54) is 0 Å². The van der Waals surface area contributed by atoms with E-state index in [0.29, 0.717) is 19.3 Å². The van der Waals surface area contributed by atoms with Gasteiger partial charge >= 0.3 is 5.97 Å². The third-order valence-corrected chi connectivity index (χ3v) is 2.30. The van der Waals surface area contributed by atoms with Crippen molar-refractivity contribution in [2.45, 2.75) is 37.6 Å². The summed E-state index contributed by atoms with van der Waals surface area (Å²) in [7, 11) is 0. The zero-order valence-corrected chi connectivity index (χ0v) is 6.56. The van der Waals surface area contributed by atoms with E-state index in [4.69, 9.17) is 9.47 Å². The minimum Gasteiger partial charge on any atom is -0.459 e. The zero-order valence-electron chi connectivity index (χ0n) is 6.56. The molecule has 0 aromatic carbocycles. The zero-order chi connectivity index (χ0) is 8.55. The Balaban J connectivity index is 2.02. The van der Waals surface area contributed by atoms with E-state index in [0.717, 1.165) is 6.29 Å². The first kappa shape index (κ1) is 7.73. The number of hydrogen-bond donors (Lipinski definition) is 0. The standard InChI is InChI=1S/C8H10O4/c9-4-5-3-7-6(11-5)1-2-8(10)12-7/h4-7H,1-3H2/t5-,6-,7-/m1/s1. The molecule has 4 nitrogen and oxygen atoms in total. The fraction of sp³-hybridized carbons (Fsp3) is 0.750. The SMILES string of the molecule is O=C[C@H]1C[C@H]2OC(=O)CC[C@H]2O1. The lowest BCUT2D eigenvalue weighted by Gasteiger charge is -2.23. The first-order chi connectivity index (χ1) is 5.79. The van der Waals surface area contributed by atoms with Gasteiger partial charge in [-0.3, -0.25) is 4.79 Å². The predicted octanol–water partition coefficient (Wildman–Crippen LogP) is 0.0484. The van der Waals surface area contributed by atoms with E-state index in [9.17, 15) is 9.59 Å². The van der Waals surface area contributed by atoms with Gasteiger partial charge in [-0.25, -0.2) is 0 Å². The molecule has 12 heavy (non-hydrogen) atoms. The fourth-order valence-corrected chi connectivity index (χ4v) is 1.70. The van der Waals surface area contributed by atoms with Crippen LogP contribution in [0.5, 0.6) is 0 Å². The molecule has 0 aromatic heterocycles. The first-order valence-corrected chi connectivity index (χ1v) is 4.10. The summed E-state index contributed by atoms with van der Waals surface area (Å²) in [6.07, 6.45) is 1.80. The molecular weight excluding hydrogens is 160 g/mol. The normalized spacial score (nSPS) is 40.3. The summed E-state index contributed by atoms with van der Waals surface area (Å²) in [6, 6.07) is 0. The predicted molar refractivity (Wildman–Crippen MR) is 38.5 cm³/mol. The maximum atomic E-state index is 10.8. The molecular formula is C8H10O4. The van der Waals surface area contributed by atoms with Crippen molar-refractivity contribution in [2.75, 3.05) is 0 Å². The van der Waals surface area contributed by atoms with Gasteiger partial charge in [-0.05, 0) is 6.42 Å². The number of ether oxygens (including phenoxy) is 2. The highest BCUT2D eigenvalue weighted by atomic mass is 16.6. The molecule has 0 radical (unpaired) electrons. The highest BCUT2D eigenvalue weighted by Crippen LogP contribution is 2.29. The second-order valence-electron chi connectivity index (χ2n) is 3.15. The van der Waals surface area contributed by atoms with Crippen molar-refractivity contribution in [3.63, 3.8) is 0 Å². The number of rotatable bonds is 1. The van der Waals surface area contributed by atoms with Crippen LogP contribution in [0.3, 0.4) is 0 Å². The van der Waals surface area contributed by atoms with Gasteiger partial charge in [0, 0.05) is 12.8 Å². The van der Waals surface area contributed by atoms with Gasteiger partial charge in [0.05, 0.1) is 6.10 Å². The summed E-state index contributed by atoms with van der Waals surface area (Å²) < 4.78 is 10.3. The average molecular weight is 170 g/mol. The van der Waals surface area contributed by atoms with E-state index in [2.05, 4.69) is 0 Å². The Hall–Kier alpha value is -0.900. The van der Waals surface area contributed by atoms with Crippen LogP contribution < -0.4 is 0 Å². The molecule has 0 spiro atoms. The first-order valence-electron chi connectivity index (χ1n) is 4.10. The second kappa shape index (κ2) is 2.86. The molecule has 66 valence electrons. The Kier molecular flexibility index (Phi) is 1.84. The van der Waals surface area contributed by atoms with Crippen LogP contribution in [-0.4, -0.2) is 30.6 Å². The molecule has 0 bridgehead atoms. The van der Waals surface area contributed by atoms with Gasteiger partial charge in [0.25, 0.3) is 0 Å². The van der Waals surface area contributed by atoms with Gasteiger partial charge in [-0.15, -0.1) is 0 Å². The third kappa shape index (κ3) is 1.22. The molecule has 4 heteroatoms. The topological polar surface area (TPSA) is 52.6 Å². The molecule has 2 saturated heterocycles. The summed E-state index contributed by atoms with van der Waals surface area (Å²) in [5.41, 5.74) is 0. The van der Waals surface area contributed by atoms with Gasteiger partial charge in [0.15, 0.2) is 0 Å². The van der Waals surface area contributed by atoms with Gasteiger partial charge < -0.3 is 14.3 Å². The Bertz CT molecular complexity index is 213. The van der Waals surface area contributed by atoms with Crippen molar-refractivity contribution in [1.29, 1.82) is 0 Å². The monoisotopic (exact) mass is 170 g/mol. The van der Waals surface area contributed by atoms with Crippen molar-refractivity contribution in [3.05, 3.63) is 0 Å². The van der Waals surface area contributed by atoms with Crippen LogP contribution in [0.4, 0.5) is 0 Å². The van der Waals surface area contributed by atoms with Crippen LogP contribution >= 0.6 is 0 Å². The van der Waals surface area contributed by atoms with Crippen LogP contribution in [0.15, 0.2) is 0 Å². The molecule has 3 atom stereocenters. The Labute approximate surface area is 69.8 Å². The van der Waals surface area contributed by atoms with Crippen LogP contribution in [0.25, 0.3) is 0 Å².